The molecule has 1 aromatic rings. The molecular weight excluding hydrogens is 278 g/mol. The van der Waals surface area contributed by atoms with E-state index in [9.17, 15) is 14.9 Å². The standard InChI is InChI=1S/C10H10BrNO4/c11-8-5-4-7(2-1-3-10(13)14)6-9(8)12(15)16/h4-6H,1-3H2,(H,13,14). The Morgan fingerprint density at radius 2 is 2.19 bits per heavy atom. The normalized spacial score (nSPS) is 10.1. The number of carboxylic acids is 1. The number of halogens is 1. The van der Waals surface area contributed by atoms with Gasteiger partial charge in [0.25, 0.3) is 5.69 Å². The van der Waals surface area contributed by atoms with E-state index in [4.69, 9.17) is 5.11 Å². The zero-order chi connectivity index (χ0) is 12.1. The second kappa shape index (κ2) is 5.60. The first-order valence-corrected chi connectivity index (χ1v) is 5.44. The van der Waals surface area contributed by atoms with Crippen LogP contribution in [0.5, 0.6) is 0 Å². The van der Waals surface area contributed by atoms with Crippen molar-refractivity contribution in [2.75, 3.05) is 0 Å². The summed E-state index contributed by atoms with van der Waals surface area (Å²) in [6.07, 6.45) is 1.08. The van der Waals surface area contributed by atoms with E-state index in [-0.39, 0.29) is 12.1 Å². The molecule has 0 fully saturated rings. The molecule has 0 saturated carbocycles. The van der Waals surface area contributed by atoms with Crippen LogP contribution in [-0.2, 0) is 11.2 Å². The van der Waals surface area contributed by atoms with Crippen LogP contribution in [0.15, 0.2) is 22.7 Å². The van der Waals surface area contributed by atoms with E-state index in [1.54, 1.807) is 12.1 Å². The third kappa shape index (κ3) is 3.62. The Hall–Kier alpha value is -1.43. The van der Waals surface area contributed by atoms with Crippen LogP contribution in [-0.4, -0.2) is 16.0 Å². The number of carboxylic acid groups (broad SMARTS) is 1. The van der Waals surface area contributed by atoms with Gasteiger partial charge in [-0.25, -0.2) is 0 Å². The molecule has 0 spiro atoms. The molecule has 0 atom stereocenters. The molecule has 0 unspecified atom stereocenters. The summed E-state index contributed by atoms with van der Waals surface area (Å²) in [4.78, 5) is 20.5. The van der Waals surface area contributed by atoms with Gasteiger partial charge in [0.15, 0.2) is 0 Å². The Bertz CT molecular complexity index is 419. The molecule has 0 aromatic heterocycles. The number of hydrogen-bond donors (Lipinski definition) is 1. The first kappa shape index (κ1) is 12.6. The topological polar surface area (TPSA) is 80.4 Å². The smallest absolute Gasteiger partial charge is 0.303 e. The summed E-state index contributed by atoms with van der Waals surface area (Å²) in [6.45, 7) is 0. The molecule has 5 nitrogen and oxygen atoms in total. The van der Waals surface area contributed by atoms with Crippen LogP contribution in [0.3, 0.4) is 0 Å². The van der Waals surface area contributed by atoms with Gasteiger partial charge < -0.3 is 5.11 Å². The van der Waals surface area contributed by atoms with Gasteiger partial charge in [-0.3, -0.25) is 14.9 Å². The average molecular weight is 288 g/mol. The second-order valence-electron chi connectivity index (χ2n) is 3.29. The second-order valence-corrected chi connectivity index (χ2v) is 4.14. The predicted molar refractivity (Wildman–Crippen MR) is 61.4 cm³/mol. The maximum atomic E-state index is 10.6. The van der Waals surface area contributed by atoms with Crippen LogP contribution in [0.2, 0.25) is 0 Å². The van der Waals surface area contributed by atoms with Crippen LogP contribution in [0.1, 0.15) is 18.4 Å². The van der Waals surface area contributed by atoms with Crippen LogP contribution in [0.4, 0.5) is 5.69 Å². The molecule has 1 N–H and O–H groups in total. The molecular formula is C10H10BrNO4. The van der Waals surface area contributed by atoms with Crippen LogP contribution >= 0.6 is 15.9 Å². The average Bonchev–Trinajstić information content (AvgIpc) is 2.19. The summed E-state index contributed by atoms with van der Waals surface area (Å²) < 4.78 is 0.430. The van der Waals surface area contributed by atoms with Crippen molar-refractivity contribution in [3.05, 3.63) is 38.3 Å². The Morgan fingerprint density at radius 3 is 2.75 bits per heavy atom. The molecule has 0 bridgehead atoms. The molecule has 1 aromatic carbocycles. The highest BCUT2D eigenvalue weighted by Crippen LogP contribution is 2.26. The molecule has 0 aliphatic carbocycles. The van der Waals surface area contributed by atoms with Gasteiger partial charge in [0, 0.05) is 12.5 Å². The van der Waals surface area contributed by atoms with Gasteiger partial charge in [-0.2, -0.15) is 0 Å². The molecule has 0 aliphatic heterocycles. The lowest BCUT2D eigenvalue weighted by atomic mass is 10.1. The maximum Gasteiger partial charge on any atom is 0.303 e. The van der Waals surface area contributed by atoms with E-state index >= 15 is 0 Å². The lowest BCUT2D eigenvalue weighted by Gasteiger charge is -2.01. The third-order valence-electron chi connectivity index (χ3n) is 2.06. The number of aryl methyl sites for hydroxylation is 1. The number of aliphatic carboxylic acids is 1. The minimum atomic E-state index is -0.855. The predicted octanol–water partition coefficient (Wildman–Crippen LogP) is 2.76. The molecule has 1 rings (SSSR count). The zero-order valence-corrected chi connectivity index (χ0v) is 9.94. The molecule has 0 aliphatic rings. The van der Waals surface area contributed by atoms with Gasteiger partial charge in [-0.15, -0.1) is 0 Å². The minimum Gasteiger partial charge on any atom is -0.481 e. The fourth-order valence-corrected chi connectivity index (χ4v) is 1.69. The number of nitrogens with zero attached hydrogens (tertiary/aromatic N) is 1. The Labute approximate surface area is 100 Å². The SMILES string of the molecule is O=C(O)CCCc1ccc(Br)c([N+](=O)[O-])c1. The maximum absolute atomic E-state index is 10.6. The van der Waals surface area contributed by atoms with Crippen molar-refractivity contribution in [3.8, 4) is 0 Å². The van der Waals surface area contributed by atoms with E-state index in [0.29, 0.717) is 17.3 Å². The van der Waals surface area contributed by atoms with Crippen molar-refractivity contribution in [2.24, 2.45) is 0 Å². The summed E-state index contributed by atoms with van der Waals surface area (Å²) in [7, 11) is 0. The van der Waals surface area contributed by atoms with Crippen LogP contribution < -0.4 is 0 Å². The minimum absolute atomic E-state index is 0.00725. The Morgan fingerprint density at radius 1 is 1.50 bits per heavy atom. The monoisotopic (exact) mass is 287 g/mol. The Kier molecular flexibility index (Phi) is 4.42. The van der Waals surface area contributed by atoms with Crippen molar-refractivity contribution < 1.29 is 14.8 Å². The van der Waals surface area contributed by atoms with Gasteiger partial charge in [0.2, 0.25) is 0 Å². The molecule has 0 radical (unpaired) electrons. The highest BCUT2D eigenvalue weighted by molar-refractivity contribution is 9.10. The van der Waals surface area contributed by atoms with Crippen LogP contribution in [0, 0.1) is 10.1 Å². The number of benzene rings is 1. The van der Waals surface area contributed by atoms with Gasteiger partial charge in [0.05, 0.1) is 9.40 Å². The van der Waals surface area contributed by atoms with Crippen molar-refractivity contribution in [1.29, 1.82) is 0 Å². The van der Waals surface area contributed by atoms with E-state index in [1.165, 1.54) is 6.07 Å². The van der Waals surface area contributed by atoms with Gasteiger partial charge in [-0.1, -0.05) is 6.07 Å². The number of nitro benzene ring substituents is 1. The summed E-state index contributed by atoms with van der Waals surface area (Å²) in [6, 6.07) is 4.82. The molecule has 0 heterocycles. The number of carbonyl (C=O) groups is 1. The number of rotatable bonds is 5. The van der Waals surface area contributed by atoms with Gasteiger partial charge >= 0.3 is 5.97 Å². The Balaban J connectivity index is 2.71. The first-order valence-electron chi connectivity index (χ1n) is 4.65. The zero-order valence-electron chi connectivity index (χ0n) is 8.35. The van der Waals surface area contributed by atoms with Crippen LogP contribution in [0.25, 0.3) is 0 Å². The van der Waals surface area contributed by atoms with E-state index in [0.717, 1.165) is 5.56 Å². The van der Waals surface area contributed by atoms with E-state index < -0.39 is 10.9 Å². The van der Waals surface area contributed by atoms with Gasteiger partial charge in [-0.05, 0) is 40.4 Å². The fourth-order valence-electron chi connectivity index (χ4n) is 1.30. The van der Waals surface area contributed by atoms with Crippen molar-refractivity contribution in [3.63, 3.8) is 0 Å². The van der Waals surface area contributed by atoms with Crippen molar-refractivity contribution >= 4 is 27.6 Å². The summed E-state index contributed by atoms with van der Waals surface area (Å²) in [5, 5.41) is 19.1. The lowest BCUT2D eigenvalue weighted by molar-refractivity contribution is -0.385. The largest absolute Gasteiger partial charge is 0.481 e. The molecule has 16 heavy (non-hydrogen) atoms. The molecule has 86 valence electrons. The highest BCUT2D eigenvalue weighted by atomic mass is 79.9. The number of hydrogen-bond acceptors (Lipinski definition) is 3. The summed E-state index contributed by atoms with van der Waals surface area (Å²) >= 11 is 3.09. The molecule has 6 heteroatoms. The highest BCUT2D eigenvalue weighted by Gasteiger charge is 2.12. The lowest BCUT2D eigenvalue weighted by Crippen LogP contribution is -1.97. The van der Waals surface area contributed by atoms with Crippen molar-refractivity contribution in [2.45, 2.75) is 19.3 Å². The van der Waals surface area contributed by atoms with E-state index in [1.807, 2.05) is 0 Å². The summed E-state index contributed by atoms with van der Waals surface area (Å²) in [5.74, 6) is -0.855. The summed E-state index contributed by atoms with van der Waals surface area (Å²) in [5.41, 5.74) is 0.781. The van der Waals surface area contributed by atoms with Gasteiger partial charge in [0.1, 0.15) is 0 Å². The quantitative estimate of drug-likeness (QED) is 0.667. The fraction of sp³-hybridized carbons (Fsp3) is 0.300. The van der Waals surface area contributed by atoms with E-state index in [2.05, 4.69) is 15.9 Å². The third-order valence-corrected chi connectivity index (χ3v) is 2.73. The number of nitro groups is 1. The molecule has 0 amide bonds. The van der Waals surface area contributed by atoms with Crippen molar-refractivity contribution in [1.82, 2.24) is 0 Å². The first-order chi connectivity index (χ1) is 7.50. The molecule has 0 saturated heterocycles.